The molecule has 1 saturated heterocycles. The van der Waals surface area contributed by atoms with E-state index in [1.165, 1.54) is 12.0 Å². The summed E-state index contributed by atoms with van der Waals surface area (Å²) in [4.78, 5) is 35.9. The molecule has 3 aromatic carbocycles. The molecule has 0 saturated carbocycles. The molecule has 1 aliphatic heterocycles. The zero-order valence-corrected chi connectivity index (χ0v) is 21.2. The largest absolute Gasteiger partial charge is 0.507 e. The molecule has 1 aliphatic rings. The van der Waals surface area contributed by atoms with Gasteiger partial charge in [0.15, 0.2) is 0 Å². The first-order valence-corrected chi connectivity index (χ1v) is 12.2. The van der Waals surface area contributed by atoms with Crippen molar-refractivity contribution in [2.45, 2.75) is 19.4 Å². The summed E-state index contributed by atoms with van der Waals surface area (Å²) in [6, 6.07) is 18.1. The molecular weight excluding hydrogens is 486 g/mol. The second-order valence-electron chi connectivity index (χ2n) is 8.77. The Morgan fingerprint density at radius 1 is 0.974 bits per heavy atom. The van der Waals surface area contributed by atoms with E-state index in [9.17, 15) is 14.7 Å². The number of amides is 1. The summed E-state index contributed by atoms with van der Waals surface area (Å²) in [6.45, 7) is 2.50. The molecule has 0 spiro atoms. The van der Waals surface area contributed by atoms with Crippen molar-refractivity contribution in [3.8, 4) is 17.2 Å². The molecule has 1 atom stereocenters. The third-order valence-corrected chi connectivity index (χ3v) is 6.34. The molecule has 1 unspecified atom stereocenters. The quantitative estimate of drug-likeness (QED) is 0.194. The van der Waals surface area contributed by atoms with Crippen molar-refractivity contribution in [1.29, 1.82) is 0 Å². The fourth-order valence-corrected chi connectivity index (χ4v) is 4.50. The summed E-state index contributed by atoms with van der Waals surface area (Å²) in [5, 5.41) is 11.4. The average molecular weight is 514 g/mol. The summed E-state index contributed by atoms with van der Waals surface area (Å²) >= 11 is 0. The van der Waals surface area contributed by atoms with Crippen molar-refractivity contribution in [3.05, 3.63) is 83.4 Å². The van der Waals surface area contributed by atoms with Gasteiger partial charge in [0.25, 0.3) is 5.78 Å². The monoisotopic (exact) mass is 513 g/mol. The number of anilines is 1. The number of aliphatic hydroxyl groups excluding tert-OH is 1. The van der Waals surface area contributed by atoms with Gasteiger partial charge >= 0.3 is 5.91 Å². The fraction of sp³-hybridized carbons (Fsp3) is 0.207. The van der Waals surface area contributed by atoms with E-state index in [4.69, 9.17) is 14.2 Å². The van der Waals surface area contributed by atoms with Crippen LogP contribution in [0.4, 0.5) is 5.95 Å². The molecule has 1 amide bonds. The molecule has 0 bridgehead atoms. The molecule has 0 radical (unpaired) electrons. The Bertz CT molecular complexity index is 1560. The van der Waals surface area contributed by atoms with Gasteiger partial charge in [0.1, 0.15) is 23.0 Å². The minimum absolute atomic E-state index is 0.0612. The van der Waals surface area contributed by atoms with Crippen LogP contribution in [-0.4, -0.2) is 47.6 Å². The van der Waals surface area contributed by atoms with Crippen molar-refractivity contribution in [2.75, 3.05) is 25.7 Å². The van der Waals surface area contributed by atoms with E-state index < -0.39 is 17.7 Å². The van der Waals surface area contributed by atoms with Gasteiger partial charge in [-0.05, 0) is 48.4 Å². The molecule has 38 heavy (non-hydrogen) atoms. The Balaban J connectivity index is 1.69. The number of Topliss-reactive ketones (excluding diaryl/α,β-unsaturated/α-hetero) is 1. The van der Waals surface area contributed by atoms with E-state index >= 15 is 0 Å². The van der Waals surface area contributed by atoms with Gasteiger partial charge in [-0.2, -0.15) is 0 Å². The number of H-pyrrole nitrogens is 1. The van der Waals surface area contributed by atoms with Gasteiger partial charge < -0.3 is 24.3 Å². The standard InChI is InChI=1S/C29H27N3O6/c1-4-13-38-21-10-6-8-18(15-21)26(33)24-25(17-7-5-9-19(14-17)36-2)32(28(35)27(24)34)29-30-22-12-11-20(37-3)16-23(22)31-29/h5-12,14-16,25,33H,4,13H2,1-3H3,(H,30,31)/b26-24+. The van der Waals surface area contributed by atoms with Crippen LogP contribution in [0, 0.1) is 0 Å². The molecule has 5 rings (SSSR count). The van der Waals surface area contributed by atoms with Crippen LogP contribution >= 0.6 is 0 Å². The fourth-order valence-electron chi connectivity index (χ4n) is 4.50. The second kappa shape index (κ2) is 10.3. The van der Waals surface area contributed by atoms with Gasteiger partial charge in [-0.1, -0.05) is 31.2 Å². The number of hydrogen-bond donors (Lipinski definition) is 2. The van der Waals surface area contributed by atoms with Crippen LogP contribution in [-0.2, 0) is 9.59 Å². The molecule has 9 nitrogen and oxygen atoms in total. The van der Waals surface area contributed by atoms with Gasteiger partial charge in [-0.3, -0.25) is 14.5 Å². The maximum Gasteiger partial charge on any atom is 0.302 e. The molecule has 1 fully saturated rings. The Morgan fingerprint density at radius 2 is 1.71 bits per heavy atom. The number of methoxy groups -OCH3 is 2. The normalized spacial score (nSPS) is 16.7. The number of nitrogens with zero attached hydrogens (tertiary/aromatic N) is 2. The molecule has 0 aliphatic carbocycles. The highest BCUT2D eigenvalue weighted by atomic mass is 16.5. The number of aromatic nitrogens is 2. The van der Waals surface area contributed by atoms with Gasteiger partial charge in [-0.25, -0.2) is 4.98 Å². The van der Waals surface area contributed by atoms with Crippen LogP contribution in [0.2, 0.25) is 0 Å². The van der Waals surface area contributed by atoms with Gasteiger partial charge in [0, 0.05) is 11.6 Å². The summed E-state index contributed by atoms with van der Waals surface area (Å²) in [5.74, 6) is -0.0753. The number of aliphatic hydroxyl groups is 1. The van der Waals surface area contributed by atoms with Crippen molar-refractivity contribution >= 4 is 34.4 Å². The Kier molecular flexibility index (Phi) is 6.74. The topological polar surface area (TPSA) is 114 Å². The Labute approximate surface area is 219 Å². The zero-order chi connectivity index (χ0) is 26.8. The number of hydrogen-bond acceptors (Lipinski definition) is 7. The van der Waals surface area contributed by atoms with Crippen LogP contribution in [0.1, 0.15) is 30.5 Å². The van der Waals surface area contributed by atoms with Crippen LogP contribution in [0.15, 0.2) is 72.3 Å². The number of ether oxygens (including phenoxy) is 3. The lowest BCUT2D eigenvalue weighted by Crippen LogP contribution is -2.30. The highest BCUT2D eigenvalue weighted by Gasteiger charge is 2.48. The lowest BCUT2D eigenvalue weighted by molar-refractivity contribution is -0.132. The first-order chi connectivity index (χ1) is 18.4. The number of ketones is 1. The summed E-state index contributed by atoms with van der Waals surface area (Å²) < 4.78 is 16.4. The SMILES string of the molecule is CCCOc1cccc(/C(O)=C2\C(=O)C(=O)N(c3nc4ccc(OC)cc4[nH]3)C2c2cccc(OC)c2)c1. The van der Waals surface area contributed by atoms with Crippen LogP contribution < -0.4 is 19.1 Å². The molecular formula is C29H27N3O6. The first kappa shape index (κ1) is 24.9. The molecule has 194 valence electrons. The Morgan fingerprint density at radius 3 is 2.47 bits per heavy atom. The van der Waals surface area contributed by atoms with Crippen LogP contribution in [0.3, 0.4) is 0 Å². The number of benzene rings is 3. The number of carbonyl (C=O) groups excluding carboxylic acids is 2. The minimum Gasteiger partial charge on any atom is -0.507 e. The van der Waals surface area contributed by atoms with Crippen molar-refractivity contribution in [1.82, 2.24) is 9.97 Å². The van der Waals surface area contributed by atoms with Gasteiger partial charge in [0.2, 0.25) is 5.95 Å². The van der Waals surface area contributed by atoms with E-state index in [1.54, 1.807) is 73.8 Å². The van der Waals surface area contributed by atoms with Crippen molar-refractivity contribution < 1.29 is 28.9 Å². The van der Waals surface area contributed by atoms with Crippen molar-refractivity contribution in [2.24, 2.45) is 0 Å². The third-order valence-electron chi connectivity index (χ3n) is 6.34. The predicted molar refractivity (Wildman–Crippen MR) is 143 cm³/mol. The lowest BCUT2D eigenvalue weighted by atomic mass is 9.95. The average Bonchev–Trinajstić information content (AvgIpc) is 3.49. The minimum atomic E-state index is -0.965. The maximum atomic E-state index is 13.5. The lowest BCUT2D eigenvalue weighted by Gasteiger charge is -2.23. The number of nitrogens with one attached hydrogen (secondary N) is 1. The molecule has 2 heterocycles. The molecule has 2 N–H and O–H groups in total. The summed E-state index contributed by atoms with van der Waals surface area (Å²) in [7, 11) is 3.09. The molecule has 4 aromatic rings. The van der Waals surface area contributed by atoms with E-state index in [2.05, 4.69) is 9.97 Å². The zero-order valence-electron chi connectivity index (χ0n) is 21.2. The van der Waals surface area contributed by atoms with E-state index in [1.807, 2.05) is 6.92 Å². The number of rotatable bonds is 8. The van der Waals surface area contributed by atoms with Gasteiger partial charge in [-0.15, -0.1) is 0 Å². The number of fused-ring (bicyclic) bond motifs is 1. The third kappa shape index (κ3) is 4.43. The summed E-state index contributed by atoms with van der Waals surface area (Å²) in [5.41, 5.74) is 2.09. The highest BCUT2D eigenvalue weighted by Crippen LogP contribution is 2.42. The van der Waals surface area contributed by atoms with Crippen molar-refractivity contribution in [3.63, 3.8) is 0 Å². The predicted octanol–water partition coefficient (Wildman–Crippen LogP) is 5.00. The number of carbonyl (C=O) groups is 2. The van der Waals surface area contributed by atoms with Crippen LogP contribution in [0.25, 0.3) is 16.8 Å². The van der Waals surface area contributed by atoms with Crippen LogP contribution in [0.5, 0.6) is 17.2 Å². The maximum absolute atomic E-state index is 13.5. The van der Waals surface area contributed by atoms with E-state index in [-0.39, 0.29) is 17.3 Å². The van der Waals surface area contributed by atoms with Gasteiger partial charge in [0.05, 0.1) is 43.5 Å². The second-order valence-corrected chi connectivity index (χ2v) is 8.77. The van der Waals surface area contributed by atoms with E-state index in [0.717, 1.165) is 6.42 Å². The smallest absolute Gasteiger partial charge is 0.302 e. The molecule has 1 aromatic heterocycles. The first-order valence-electron chi connectivity index (χ1n) is 12.2. The number of imidazole rings is 1. The summed E-state index contributed by atoms with van der Waals surface area (Å²) in [6.07, 6.45) is 0.820. The molecule has 9 heteroatoms. The number of aromatic amines is 1. The Hall–Kier alpha value is -4.79. The highest BCUT2D eigenvalue weighted by molar-refractivity contribution is 6.51. The van der Waals surface area contributed by atoms with E-state index in [0.29, 0.717) is 46.0 Å².